The number of rotatable bonds is 6. The Morgan fingerprint density at radius 3 is 2.75 bits per heavy atom. The molecule has 2 aromatic carbocycles. The summed E-state index contributed by atoms with van der Waals surface area (Å²) < 4.78 is 11.5. The van der Waals surface area contributed by atoms with Crippen LogP contribution in [0.3, 0.4) is 0 Å². The molecule has 1 amide bonds. The van der Waals surface area contributed by atoms with E-state index >= 15 is 0 Å². The molecule has 2 N–H and O–H groups in total. The number of thiazole rings is 1. The van der Waals surface area contributed by atoms with E-state index < -0.39 is 0 Å². The molecule has 2 heterocycles. The van der Waals surface area contributed by atoms with Crippen LogP contribution in [0, 0.1) is 17.8 Å². The second kappa shape index (κ2) is 9.63. The molecule has 4 unspecified atom stereocenters. The van der Waals surface area contributed by atoms with E-state index in [1.165, 1.54) is 30.6 Å². The number of fused-ring (bicyclic) bond motifs is 6. The van der Waals surface area contributed by atoms with Crippen LogP contribution < -0.4 is 19.7 Å². The first-order valence-corrected chi connectivity index (χ1v) is 14.3. The van der Waals surface area contributed by atoms with Crippen LogP contribution in [0.4, 0.5) is 5.69 Å². The van der Waals surface area contributed by atoms with Crippen molar-refractivity contribution in [1.29, 1.82) is 0 Å². The van der Waals surface area contributed by atoms with Gasteiger partial charge in [-0.3, -0.25) is 9.59 Å². The molecule has 0 saturated heterocycles. The summed E-state index contributed by atoms with van der Waals surface area (Å²) in [5.41, 5.74) is 1.66. The Morgan fingerprint density at radius 2 is 1.94 bits per heavy atom. The number of benzene rings is 2. The van der Waals surface area contributed by atoms with E-state index in [1.807, 2.05) is 30.0 Å². The monoisotopic (exact) mass is 562 g/mol. The van der Waals surface area contributed by atoms with Gasteiger partial charge in [0.2, 0.25) is 0 Å². The molecular weight excluding hydrogens is 539 g/mol. The number of H-pyrrole nitrogens is 1. The molecule has 2 fully saturated rings. The lowest BCUT2D eigenvalue weighted by atomic mass is 9.75. The number of hydrogen-bond donors (Lipinski definition) is 2. The first-order chi connectivity index (χ1) is 17.4. The van der Waals surface area contributed by atoms with E-state index in [-0.39, 0.29) is 23.3 Å². The van der Waals surface area contributed by atoms with Gasteiger partial charge >= 0.3 is 4.87 Å². The van der Waals surface area contributed by atoms with Gasteiger partial charge in [0.25, 0.3) is 5.91 Å². The predicted molar refractivity (Wildman–Crippen MR) is 144 cm³/mol. The predicted octanol–water partition coefficient (Wildman–Crippen LogP) is 6.42. The fourth-order valence-electron chi connectivity index (χ4n) is 6.13. The maximum Gasteiger partial charge on any atom is 0.305 e. The Labute approximate surface area is 226 Å². The van der Waals surface area contributed by atoms with Crippen molar-refractivity contribution in [3.8, 4) is 11.5 Å². The zero-order valence-electron chi connectivity index (χ0n) is 19.4. The third kappa shape index (κ3) is 4.32. The normalized spacial score (nSPS) is 25.8. The third-order valence-corrected chi connectivity index (χ3v) is 10.9. The second-order valence-corrected chi connectivity index (χ2v) is 12.6. The highest BCUT2D eigenvalue weighted by atomic mass is 35.5. The van der Waals surface area contributed by atoms with Crippen LogP contribution >= 0.6 is 46.3 Å². The zero-order valence-corrected chi connectivity index (χ0v) is 22.5. The van der Waals surface area contributed by atoms with Gasteiger partial charge in [0.15, 0.2) is 18.1 Å². The van der Waals surface area contributed by atoms with Crippen molar-refractivity contribution in [1.82, 2.24) is 4.98 Å². The number of halogens is 2. The van der Waals surface area contributed by atoms with E-state index in [4.69, 9.17) is 32.7 Å². The Morgan fingerprint density at radius 1 is 1.11 bits per heavy atom. The number of amides is 1. The highest BCUT2D eigenvalue weighted by Gasteiger charge is 2.54. The molecule has 0 radical (unpaired) electrons. The zero-order chi connectivity index (χ0) is 25.0. The molecule has 1 aliphatic heterocycles. The summed E-state index contributed by atoms with van der Waals surface area (Å²) in [6.07, 6.45) is 3.84. The maximum absolute atomic E-state index is 12.4. The molecule has 2 saturated carbocycles. The number of aromatic amines is 1. The number of aromatic nitrogens is 1. The molecular formula is C26H24Cl2N2O4S2. The minimum absolute atomic E-state index is 0.00438. The molecule has 36 heavy (non-hydrogen) atoms. The lowest BCUT2D eigenvalue weighted by molar-refractivity contribution is -0.118. The summed E-state index contributed by atoms with van der Waals surface area (Å²) in [6, 6.07) is 10.8. The van der Waals surface area contributed by atoms with Gasteiger partial charge < -0.3 is 19.8 Å². The van der Waals surface area contributed by atoms with Crippen molar-refractivity contribution in [2.45, 2.75) is 35.5 Å². The topological polar surface area (TPSA) is 80.4 Å². The first-order valence-electron chi connectivity index (χ1n) is 11.9. The summed E-state index contributed by atoms with van der Waals surface area (Å²) in [7, 11) is 1.60. The van der Waals surface area contributed by atoms with Gasteiger partial charge in [-0.25, -0.2) is 0 Å². The van der Waals surface area contributed by atoms with Crippen LogP contribution in [0.2, 0.25) is 10.0 Å². The molecule has 3 aromatic rings. The molecule has 6 rings (SSSR count). The smallest absolute Gasteiger partial charge is 0.305 e. The third-order valence-electron chi connectivity index (χ3n) is 7.57. The number of nitrogens with one attached hydrogen (secondary N) is 2. The van der Waals surface area contributed by atoms with Crippen molar-refractivity contribution in [3.05, 3.63) is 66.6 Å². The molecule has 5 atom stereocenters. The molecule has 10 heteroatoms. The van der Waals surface area contributed by atoms with Crippen molar-refractivity contribution >= 4 is 57.9 Å². The summed E-state index contributed by atoms with van der Waals surface area (Å²) >= 11 is 15.2. The first kappa shape index (κ1) is 24.2. The van der Waals surface area contributed by atoms with E-state index in [0.717, 1.165) is 21.4 Å². The minimum Gasteiger partial charge on any atom is -0.493 e. The molecule has 6 nitrogen and oxygen atoms in total. The van der Waals surface area contributed by atoms with E-state index in [2.05, 4.69) is 10.3 Å². The fourth-order valence-corrected chi connectivity index (χ4v) is 9.33. The molecule has 188 valence electrons. The van der Waals surface area contributed by atoms with Gasteiger partial charge in [-0.1, -0.05) is 40.6 Å². The molecule has 3 aliphatic rings. The number of carbonyl (C=O) groups is 1. The van der Waals surface area contributed by atoms with Gasteiger partial charge in [0, 0.05) is 21.7 Å². The number of ether oxygens (including phenoxy) is 2. The molecule has 1 aromatic heterocycles. The van der Waals surface area contributed by atoms with E-state index in [1.54, 1.807) is 25.3 Å². The van der Waals surface area contributed by atoms with Crippen LogP contribution in [0.25, 0.3) is 0 Å². The van der Waals surface area contributed by atoms with Gasteiger partial charge in [-0.05, 0) is 72.9 Å². The highest BCUT2D eigenvalue weighted by molar-refractivity contribution is 8.00. The van der Waals surface area contributed by atoms with Crippen molar-refractivity contribution in [3.63, 3.8) is 0 Å². The summed E-state index contributed by atoms with van der Waals surface area (Å²) in [4.78, 5) is 28.9. The summed E-state index contributed by atoms with van der Waals surface area (Å²) in [5.74, 6) is 2.82. The fraction of sp³-hybridized carbons (Fsp3) is 0.385. The average molecular weight is 564 g/mol. The molecule has 2 aliphatic carbocycles. The van der Waals surface area contributed by atoms with Gasteiger partial charge in [-0.2, -0.15) is 0 Å². The summed E-state index contributed by atoms with van der Waals surface area (Å²) in [5, 5.41) is 5.11. The number of hydrogen-bond acceptors (Lipinski definition) is 6. The Kier molecular flexibility index (Phi) is 6.48. The number of thioether (sulfide) groups is 1. The quantitative estimate of drug-likeness (QED) is 0.362. The average Bonchev–Trinajstić information content (AvgIpc) is 3.58. The highest BCUT2D eigenvalue weighted by Crippen LogP contribution is 2.63. The second-order valence-electron chi connectivity index (χ2n) is 9.55. The largest absolute Gasteiger partial charge is 0.493 e. The van der Waals surface area contributed by atoms with Crippen LogP contribution in [0.1, 0.15) is 35.6 Å². The SMILES string of the molecule is COc1cc([C@H]2c3sc(=O)[nH]c3SC3C4CCC(C4)C32)ccc1OCC(=O)Nc1ccc(Cl)c(Cl)c1. The Balaban J connectivity index is 1.23. The van der Waals surface area contributed by atoms with Crippen LogP contribution in [-0.4, -0.2) is 29.9 Å². The lowest BCUT2D eigenvalue weighted by Crippen LogP contribution is -2.33. The van der Waals surface area contributed by atoms with Crippen LogP contribution in [0.15, 0.2) is 46.2 Å². The Bertz CT molecular complexity index is 1390. The van der Waals surface area contributed by atoms with Crippen LogP contribution in [-0.2, 0) is 4.79 Å². The summed E-state index contributed by atoms with van der Waals surface area (Å²) in [6.45, 7) is -0.186. The number of methoxy groups -OCH3 is 1. The molecule has 2 bridgehead atoms. The van der Waals surface area contributed by atoms with Gasteiger partial charge in [0.05, 0.1) is 22.2 Å². The number of anilines is 1. The minimum atomic E-state index is -0.324. The Hall–Kier alpha value is -2.13. The number of carbonyl (C=O) groups excluding carboxylic acids is 1. The van der Waals surface area contributed by atoms with Crippen molar-refractivity contribution < 1.29 is 14.3 Å². The lowest BCUT2D eigenvalue weighted by Gasteiger charge is -2.40. The van der Waals surface area contributed by atoms with Gasteiger partial charge in [0.1, 0.15) is 0 Å². The van der Waals surface area contributed by atoms with Gasteiger partial charge in [-0.15, -0.1) is 11.8 Å². The van der Waals surface area contributed by atoms with E-state index in [9.17, 15) is 9.59 Å². The standard InChI is InChI=1S/C26H24Cl2N2O4S2/c1-33-19-9-13(4-7-18(19)34-11-20(31)29-15-5-6-16(27)17(28)10-15)22-21-12-2-3-14(8-12)23(21)35-25-24(22)36-26(32)30-25/h4-7,9-10,12,14,21-23H,2-3,8,11H2,1H3,(H,29,31)(H,30,32)/t12?,14?,21?,22-,23?/m1/s1. The van der Waals surface area contributed by atoms with Crippen molar-refractivity contribution in [2.75, 3.05) is 19.0 Å². The van der Waals surface area contributed by atoms with Crippen LogP contribution in [0.5, 0.6) is 11.5 Å². The molecule has 0 spiro atoms. The van der Waals surface area contributed by atoms with E-state index in [0.29, 0.717) is 44.3 Å². The van der Waals surface area contributed by atoms with Crippen molar-refractivity contribution in [2.24, 2.45) is 17.8 Å². The maximum atomic E-state index is 12.4.